The van der Waals surface area contributed by atoms with Gasteiger partial charge in [0.25, 0.3) is 0 Å². The average Bonchev–Trinajstić information content (AvgIpc) is 2.87. The average molecular weight is 309 g/mol. The quantitative estimate of drug-likeness (QED) is 0.872. The molecule has 20 heavy (non-hydrogen) atoms. The summed E-state index contributed by atoms with van der Waals surface area (Å²) in [6, 6.07) is 11.1. The van der Waals surface area contributed by atoms with Crippen LogP contribution in [0.15, 0.2) is 30.3 Å². The number of aromatic nitrogens is 2. The predicted octanol–water partition coefficient (Wildman–Crippen LogP) is 2.68. The molecule has 1 aromatic carbocycles. The minimum absolute atomic E-state index is 0.401. The minimum Gasteiger partial charge on any atom is -0.303 e. The summed E-state index contributed by atoms with van der Waals surface area (Å²) >= 11 is 7.34. The highest BCUT2D eigenvalue weighted by Gasteiger charge is 2.27. The van der Waals surface area contributed by atoms with Gasteiger partial charge in [0.15, 0.2) is 0 Å². The van der Waals surface area contributed by atoms with Crippen molar-refractivity contribution in [3.63, 3.8) is 0 Å². The van der Waals surface area contributed by atoms with Gasteiger partial charge in [0.1, 0.15) is 5.01 Å². The molecule has 0 bridgehead atoms. The highest BCUT2D eigenvalue weighted by Crippen LogP contribution is 2.27. The summed E-state index contributed by atoms with van der Waals surface area (Å²) in [5.41, 5.74) is 1.36. The summed E-state index contributed by atoms with van der Waals surface area (Å²) in [5, 5.41) is 9.02. The molecule has 3 rings (SSSR count). The van der Waals surface area contributed by atoms with Crippen LogP contribution in [0.3, 0.4) is 0 Å². The molecule has 4 nitrogen and oxygen atoms in total. The first-order valence-electron chi connectivity index (χ1n) is 6.68. The fraction of sp³-hybridized carbons (Fsp3) is 0.429. The zero-order chi connectivity index (χ0) is 13.9. The number of halogens is 1. The lowest BCUT2D eigenvalue weighted by atomic mass is 10.0. The van der Waals surface area contributed by atoms with Crippen LogP contribution >= 0.6 is 22.9 Å². The van der Waals surface area contributed by atoms with E-state index in [-0.39, 0.29) is 0 Å². The molecule has 1 aromatic heterocycles. The van der Waals surface area contributed by atoms with Gasteiger partial charge in [-0.2, -0.15) is 0 Å². The van der Waals surface area contributed by atoms with Gasteiger partial charge in [0.2, 0.25) is 4.47 Å². The molecule has 0 saturated carbocycles. The first-order chi connectivity index (χ1) is 9.72. The number of likely N-dealkylation sites (N-methyl/N-ethyl adjacent to an activating group) is 1. The van der Waals surface area contributed by atoms with E-state index in [4.69, 9.17) is 11.6 Å². The van der Waals surface area contributed by atoms with Gasteiger partial charge in [-0.05, 0) is 24.2 Å². The van der Waals surface area contributed by atoms with E-state index in [2.05, 4.69) is 57.4 Å². The van der Waals surface area contributed by atoms with Crippen molar-refractivity contribution in [3.8, 4) is 0 Å². The molecule has 1 aliphatic rings. The normalized spacial score (nSPS) is 21.2. The maximum atomic E-state index is 5.87. The van der Waals surface area contributed by atoms with Gasteiger partial charge in [-0.1, -0.05) is 41.7 Å². The van der Waals surface area contributed by atoms with E-state index in [1.807, 2.05) is 0 Å². The summed E-state index contributed by atoms with van der Waals surface area (Å²) in [6.07, 6.45) is 0. The van der Waals surface area contributed by atoms with Crippen molar-refractivity contribution in [1.82, 2.24) is 20.0 Å². The third-order valence-electron chi connectivity index (χ3n) is 3.66. The number of hydrogen-bond acceptors (Lipinski definition) is 5. The molecule has 0 amide bonds. The maximum Gasteiger partial charge on any atom is 0.207 e. The Morgan fingerprint density at radius 1 is 1.25 bits per heavy atom. The molecule has 2 aromatic rings. The molecule has 2 heterocycles. The number of rotatable bonds is 3. The van der Waals surface area contributed by atoms with Gasteiger partial charge >= 0.3 is 0 Å². The molecule has 0 N–H and O–H groups in total. The topological polar surface area (TPSA) is 32.3 Å². The summed E-state index contributed by atoms with van der Waals surface area (Å²) < 4.78 is 0.519. The van der Waals surface area contributed by atoms with Crippen molar-refractivity contribution in [2.75, 3.05) is 26.7 Å². The van der Waals surface area contributed by atoms with Crippen LogP contribution in [0.1, 0.15) is 16.6 Å². The Morgan fingerprint density at radius 2 is 2.05 bits per heavy atom. The van der Waals surface area contributed by atoms with Crippen molar-refractivity contribution in [2.24, 2.45) is 0 Å². The monoisotopic (exact) mass is 308 g/mol. The molecule has 1 saturated heterocycles. The second-order valence-corrected chi connectivity index (χ2v) is 6.75. The van der Waals surface area contributed by atoms with E-state index in [1.165, 1.54) is 16.9 Å². The van der Waals surface area contributed by atoms with E-state index in [9.17, 15) is 0 Å². The van der Waals surface area contributed by atoms with E-state index in [0.29, 0.717) is 10.5 Å². The van der Waals surface area contributed by atoms with Gasteiger partial charge in [-0.25, -0.2) is 0 Å². The maximum absolute atomic E-state index is 5.87. The highest BCUT2D eigenvalue weighted by atomic mass is 35.5. The number of nitrogens with zero attached hydrogens (tertiary/aromatic N) is 4. The molecule has 1 fully saturated rings. The number of piperazine rings is 1. The zero-order valence-corrected chi connectivity index (χ0v) is 12.9. The second-order valence-electron chi connectivity index (χ2n) is 5.11. The molecule has 0 aliphatic carbocycles. The lowest BCUT2D eigenvalue weighted by molar-refractivity contribution is 0.0831. The Labute approximate surface area is 128 Å². The van der Waals surface area contributed by atoms with Crippen LogP contribution < -0.4 is 0 Å². The second kappa shape index (κ2) is 6.18. The zero-order valence-electron chi connectivity index (χ0n) is 11.4. The summed E-state index contributed by atoms with van der Waals surface area (Å²) in [7, 11) is 2.18. The molecular weight excluding hydrogens is 292 g/mol. The standard InChI is InChI=1S/C14H17ClN4S/c1-18-7-8-19(10-13-16-17-14(15)20-13)12(9-18)11-5-3-2-4-6-11/h2-6,12H,7-10H2,1H3. The highest BCUT2D eigenvalue weighted by molar-refractivity contribution is 7.15. The largest absolute Gasteiger partial charge is 0.303 e. The van der Waals surface area contributed by atoms with Crippen LogP contribution in [0.4, 0.5) is 0 Å². The lowest BCUT2D eigenvalue weighted by Crippen LogP contribution is -2.46. The van der Waals surface area contributed by atoms with Crippen molar-refractivity contribution in [3.05, 3.63) is 45.4 Å². The third kappa shape index (κ3) is 3.17. The first-order valence-corrected chi connectivity index (χ1v) is 7.87. The van der Waals surface area contributed by atoms with E-state index >= 15 is 0 Å². The minimum atomic E-state index is 0.401. The van der Waals surface area contributed by atoms with Crippen molar-refractivity contribution in [2.45, 2.75) is 12.6 Å². The summed E-state index contributed by atoms with van der Waals surface area (Å²) in [4.78, 5) is 4.84. The summed E-state index contributed by atoms with van der Waals surface area (Å²) in [6.45, 7) is 3.97. The van der Waals surface area contributed by atoms with Crippen LogP contribution in [0.25, 0.3) is 0 Å². The Morgan fingerprint density at radius 3 is 2.75 bits per heavy atom. The Kier molecular flexibility index (Phi) is 4.31. The SMILES string of the molecule is CN1CCN(Cc2nnc(Cl)s2)C(c2ccccc2)C1. The van der Waals surface area contributed by atoms with E-state index < -0.39 is 0 Å². The van der Waals surface area contributed by atoms with Crippen molar-refractivity contribution < 1.29 is 0 Å². The van der Waals surface area contributed by atoms with Gasteiger partial charge in [-0.15, -0.1) is 10.2 Å². The first kappa shape index (κ1) is 13.9. The molecule has 0 radical (unpaired) electrons. The third-order valence-corrected chi connectivity index (χ3v) is 4.66. The molecule has 6 heteroatoms. The lowest BCUT2D eigenvalue weighted by Gasteiger charge is -2.39. The van der Waals surface area contributed by atoms with E-state index in [1.54, 1.807) is 0 Å². The number of benzene rings is 1. The molecule has 1 aliphatic heterocycles. The van der Waals surface area contributed by atoms with Crippen molar-refractivity contribution in [1.29, 1.82) is 0 Å². The van der Waals surface area contributed by atoms with Gasteiger partial charge in [-0.3, -0.25) is 4.90 Å². The van der Waals surface area contributed by atoms with Crippen LogP contribution in [-0.2, 0) is 6.54 Å². The molecule has 0 spiro atoms. The Bertz CT molecular complexity index is 559. The van der Waals surface area contributed by atoms with Crippen LogP contribution in [-0.4, -0.2) is 46.7 Å². The number of hydrogen-bond donors (Lipinski definition) is 0. The van der Waals surface area contributed by atoms with Crippen LogP contribution in [0.2, 0.25) is 4.47 Å². The molecule has 1 unspecified atom stereocenters. The van der Waals surface area contributed by atoms with E-state index in [0.717, 1.165) is 31.2 Å². The Balaban J connectivity index is 1.80. The van der Waals surface area contributed by atoms with Gasteiger partial charge < -0.3 is 4.90 Å². The fourth-order valence-electron chi connectivity index (χ4n) is 2.61. The molecular formula is C14H17ClN4S. The van der Waals surface area contributed by atoms with Crippen molar-refractivity contribution >= 4 is 22.9 Å². The van der Waals surface area contributed by atoms with Gasteiger partial charge in [0.05, 0.1) is 6.54 Å². The van der Waals surface area contributed by atoms with Crippen LogP contribution in [0, 0.1) is 0 Å². The summed E-state index contributed by atoms with van der Waals surface area (Å²) in [5.74, 6) is 0. The predicted molar refractivity (Wildman–Crippen MR) is 82.0 cm³/mol. The Hall–Kier alpha value is -1.01. The molecule has 106 valence electrons. The fourth-order valence-corrected chi connectivity index (χ4v) is 3.50. The molecule has 1 atom stereocenters. The smallest absolute Gasteiger partial charge is 0.207 e. The van der Waals surface area contributed by atoms with Gasteiger partial charge in [0, 0.05) is 25.7 Å². The van der Waals surface area contributed by atoms with Crippen LogP contribution in [0.5, 0.6) is 0 Å².